The van der Waals surface area contributed by atoms with E-state index in [0.717, 1.165) is 25.9 Å². The zero-order valence-corrected chi connectivity index (χ0v) is 16.2. The second kappa shape index (κ2) is 8.25. The Labute approximate surface area is 156 Å². The van der Waals surface area contributed by atoms with Gasteiger partial charge in [-0.1, -0.05) is 51.8 Å². The molecule has 22 heavy (non-hydrogen) atoms. The monoisotopic (exact) mass is 463 g/mol. The second-order valence-corrected chi connectivity index (χ2v) is 7.04. The van der Waals surface area contributed by atoms with E-state index in [0.29, 0.717) is 23.2 Å². The summed E-state index contributed by atoms with van der Waals surface area (Å²) < 4.78 is 7.58. The minimum Gasteiger partial charge on any atom is -0.488 e. The molecule has 0 atom stereocenters. The van der Waals surface area contributed by atoms with E-state index < -0.39 is 0 Å². The average molecular weight is 466 g/mol. The van der Waals surface area contributed by atoms with E-state index in [2.05, 4.69) is 43.8 Å². The normalized spacial score (nSPS) is 10.4. The van der Waals surface area contributed by atoms with Gasteiger partial charge >= 0.3 is 0 Å². The number of halogens is 4. The molecule has 0 aliphatic rings. The Morgan fingerprint density at radius 2 is 1.91 bits per heavy atom. The molecule has 0 unspecified atom stereocenters. The van der Waals surface area contributed by atoms with E-state index in [4.69, 9.17) is 27.9 Å². The highest BCUT2D eigenvalue weighted by Gasteiger charge is 2.10. The van der Waals surface area contributed by atoms with Gasteiger partial charge in [-0.25, -0.2) is 0 Å². The van der Waals surface area contributed by atoms with E-state index in [-0.39, 0.29) is 0 Å². The fourth-order valence-electron chi connectivity index (χ4n) is 1.85. The second-order valence-electron chi connectivity index (χ2n) is 4.46. The highest BCUT2D eigenvalue weighted by atomic mass is 79.9. The van der Waals surface area contributed by atoms with Gasteiger partial charge in [-0.2, -0.15) is 0 Å². The lowest BCUT2D eigenvalue weighted by molar-refractivity contribution is 0.357. The van der Waals surface area contributed by atoms with Crippen molar-refractivity contribution in [3.8, 4) is 5.75 Å². The van der Waals surface area contributed by atoms with E-state index in [9.17, 15) is 0 Å². The molecular formula is C16H13Br2Cl2NO. The summed E-state index contributed by atoms with van der Waals surface area (Å²) in [4.78, 5) is 0. The summed E-state index contributed by atoms with van der Waals surface area (Å²) in [6, 6.07) is 9.39. The van der Waals surface area contributed by atoms with Crippen molar-refractivity contribution in [3.05, 3.63) is 67.5 Å². The highest BCUT2D eigenvalue weighted by molar-refractivity contribution is 9.11. The first-order chi connectivity index (χ1) is 10.5. The molecule has 2 rings (SSSR count). The van der Waals surface area contributed by atoms with E-state index >= 15 is 0 Å². The zero-order valence-electron chi connectivity index (χ0n) is 11.5. The third-order valence-corrected chi connectivity index (χ3v) is 4.62. The zero-order chi connectivity index (χ0) is 16.1. The molecule has 2 aromatic rings. The number of ether oxygens (including phenoxy) is 1. The molecule has 0 aliphatic heterocycles. The third kappa shape index (κ3) is 4.66. The minimum absolute atomic E-state index is 0.444. The van der Waals surface area contributed by atoms with Crippen molar-refractivity contribution in [3.63, 3.8) is 0 Å². The first-order valence-corrected chi connectivity index (χ1v) is 8.76. The Bertz CT molecular complexity index is 692. The summed E-state index contributed by atoms with van der Waals surface area (Å²) in [6.07, 6.45) is 1.71. The van der Waals surface area contributed by atoms with Crippen molar-refractivity contribution in [2.75, 3.05) is 11.9 Å². The van der Waals surface area contributed by atoms with Gasteiger partial charge in [0.25, 0.3) is 0 Å². The first kappa shape index (κ1) is 17.7. The van der Waals surface area contributed by atoms with Crippen molar-refractivity contribution < 1.29 is 4.74 Å². The minimum atomic E-state index is 0.444. The molecule has 0 saturated carbocycles. The molecular weight excluding hydrogens is 453 g/mol. The standard InChI is InChI=1S/C16H13Br2Cl2NO/c1-2-5-22-16-10(6-11(17)7-13(16)18)9-21-12-3-4-14(19)15(20)8-12/h2-4,6-8,21H,1,5,9H2. The number of rotatable bonds is 6. The van der Waals surface area contributed by atoms with Crippen LogP contribution in [0.3, 0.4) is 0 Å². The van der Waals surface area contributed by atoms with Crippen molar-refractivity contribution in [2.24, 2.45) is 0 Å². The average Bonchev–Trinajstić information content (AvgIpc) is 2.47. The molecule has 116 valence electrons. The Kier molecular flexibility index (Phi) is 6.63. The predicted molar refractivity (Wildman–Crippen MR) is 101 cm³/mol. The van der Waals surface area contributed by atoms with Crippen molar-refractivity contribution in [2.45, 2.75) is 6.54 Å². The molecule has 0 saturated heterocycles. The Balaban J connectivity index is 2.20. The van der Waals surface area contributed by atoms with Gasteiger partial charge in [-0.05, 0) is 46.3 Å². The summed E-state index contributed by atoms with van der Waals surface area (Å²) in [5, 5.41) is 4.36. The summed E-state index contributed by atoms with van der Waals surface area (Å²) in [5.74, 6) is 0.788. The number of nitrogens with one attached hydrogen (secondary N) is 1. The number of anilines is 1. The van der Waals surface area contributed by atoms with Gasteiger partial charge in [-0.15, -0.1) is 0 Å². The molecule has 0 heterocycles. The predicted octanol–water partition coefficient (Wildman–Crippen LogP) is 6.70. The molecule has 0 aliphatic carbocycles. The maximum atomic E-state index is 6.02. The number of hydrogen-bond donors (Lipinski definition) is 1. The lowest BCUT2D eigenvalue weighted by atomic mass is 10.2. The van der Waals surface area contributed by atoms with Crippen LogP contribution in [0.5, 0.6) is 5.75 Å². The molecule has 0 radical (unpaired) electrons. The summed E-state index contributed by atoms with van der Waals surface area (Å²) in [5.41, 5.74) is 1.90. The topological polar surface area (TPSA) is 21.3 Å². The van der Waals surface area contributed by atoms with Crippen LogP contribution < -0.4 is 10.1 Å². The van der Waals surface area contributed by atoms with Crippen molar-refractivity contribution in [1.82, 2.24) is 0 Å². The van der Waals surface area contributed by atoms with Gasteiger partial charge in [0, 0.05) is 22.3 Å². The smallest absolute Gasteiger partial charge is 0.139 e. The quantitative estimate of drug-likeness (QED) is 0.479. The van der Waals surface area contributed by atoms with Crippen LogP contribution in [0.4, 0.5) is 5.69 Å². The molecule has 0 fully saturated rings. The number of hydrogen-bond acceptors (Lipinski definition) is 2. The van der Waals surface area contributed by atoms with Gasteiger partial charge in [0.15, 0.2) is 0 Å². The molecule has 2 nitrogen and oxygen atoms in total. The highest BCUT2D eigenvalue weighted by Crippen LogP contribution is 2.34. The largest absolute Gasteiger partial charge is 0.488 e. The summed E-state index contributed by atoms with van der Waals surface area (Å²) >= 11 is 19.0. The van der Waals surface area contributed by atoms with Gasteiger partial charge < -0.3 is 10.1 Å². The van der Waals surface area contributed by atoms with Gasteiger partial charge in [0.1, 0.15) is 12.4 Å². The Morgan fingerprint density at radius 3 is 2.59 bits per heavy atom. The molecule has 2 aromatic carbocycles. The fraction of sp³-hybridized carbons (Fsp3) is 0.125. The van der Waals surface area contributed by atoms with Crippen molar-refractivity contribution in [1.29, 1.82) is 0 Å². The summed E-state index contributed by atoms with van der Waals surface area (Å²) in [7, 11) is 0. The molecule has 0 bridgehead atoms. The van der Waals surface area contributed by atoms with Crippen LogP contribution in [0.25, 0.3) is 0 Å². The van der Waals surface area contributed by atoms with Crippen LogP contribution in [0.1, 0.15) is 5.56 Å². The SMILES string of the molecule is C=CCOc1c(Br)cc(Br)cc1CNc1ccc(Cl)c(Cl)c1. The lowest BCUT2D eigenvalue weighted by Gasteiger charge is -2.14. The van der Waals surface area contributed by atoms with Gasteiger partial charge in [0.2, 0.25) is 0 Å². The molecule has 6 heteroatoms. The van der Waals surface area contributed by atoms with E-state index in [1.54, 1.807) is 18.2 Å². The molecule has 0 aromatic heterocycles. The van der Waals surface area contributed by atoms with E-state index in [1.807, 2.05) is 18.2 Å². The number of benzene rings is 2. The first-order valence-electron chi connectivity index (χ1n) is 6.42. The fourth-order valence-corrected chi connectivity index (χ4v) is 3.58. The summed E-state index contributed by atoms with van der Waals surface area (Å²) in [6.45, 7) is 4.70. The van der Waals surface area contributed by atoms with Crippen LogP contribution in [0, 0.1) is 0 Å². The Morgan fingerprint density at radius 1 is 1.14 bits per heavy atom. The van der Waals surface area contributed by atoms with Crippen LogP contribution in [-0.4, -0.2) is 6.61 Å². The van der Waals surface area contributed by atoms with Crippen LogP contribution in [0.15, 0.2) is 51.9 Å². The van der Waals surface area contributed by atoms with Gasteiger partial charge in [0.05, 0.1) is 14.5 Å². The van der Waals surface area contributed by atoms with E-state index in [1.165, 1.54) is 0 Å². The van der Waals surface area contributed by atoms with Gasteiger partial charge in [-0.3, -0.25) is 0 Å². The Hall–Kier alpha value is -0.680. The van der Waals surface area contributed by atoms with Crippen LogP contribution >= 0.6 is 55.1 Å². The van der Waals surface area contributed by atoms with Crippen LogP contribution in [-0.2, 0) is 6.54 Å². The van der Waals surface area contributed by atoms with Crippen LogP contribution in [0.2, 0.25) is 10.0 Å². The third-order valence-electron chi connectivity index (χ3n) is 2.83. The van der Waals surface area contributed by atoms with Crippen molar-refractivity contribution >= 4 is 60.7 Å². The molecule has 0 spiro atoms. The maximum Gasteiger partial charge on any atom is 0.139 e. The molecule has 1 N–H and O–H groups in total. The molecule has 0 amide bonds. The lowest BCUT2D eigenvalue weighted by Crippen LogP contribution is -2.04. The maximum absolute atomic E-state index is 6.02.